The zero-order chi connectivity index (χ0) is 16.4. The van der Waals surface area contributed by atoms with E-state index in [1.807, 2.05) is 6.07 Å². The number of carbonyl (C=O) groups excluding carboxylic acids is 1. The van der Waals surface area contributed by atoms with Crippen molar-refractivity contribution < 1.29 is 13.2 Å². The summed E-state index contributed by atoms with van der Waals surface area (Å²) in [4.78, 5) is 12.0. The minimum Gasteiger partial charge on any atom is -0.324 e. The molecular weight excluding hydrogens is 322 g/mol. The first-order valence-electron chi connectivity index (χ1n) is 6.50. The third-order valence-corrected chi connectivity index (χ3v) is 3.44. The topological polar surface area (TPSA) is 135 Å². The normalized spacial score (nSPS) is 11.5. The van der Waals surface area contributed by atoms with Crippen molar-refractivity contribution in [3.8, 4) is 0 Å². The summed E-state index contributed by atoms with van der Waals surface area (Å²) in [6.45, 7) is -0.0954. The van der Waals surface area contributed by atoms with E-state index in [1.54, 1.807) is 18.3 Å². The van der Waals surface area contributed by atoms with E-state index in [2.05, 4.69) is 30.5 Å². The van der Waals surface area contributed by atoms with Crippen LogP contribution in [0.4, 0.5) is 11.5 Å². The van der Waals surface area contributed by atoms with Crippen LogP contribution in [0, 0.1) is 0 Å². The van der Waals surface area contributed by atoms with Gasteiger partial charge in [-0.25, -0.2) is 13.1 Å². The molecule has 0 saturated carbocycles. The highest BCUT2D eigenvalue weighted by atomic mass is 32.2. The standard InChI is InChI=1S/C12H13N7O3S/c1-23(21,22)17-11-6-19(18-16-11)7-12(20)14-9-2-3-10-8(4-9)5-13-15-10/h2-6,17H,7H2,1H3,(H,13,15)(H,14,20). The first kappa shape index (κ1) is 15.0. The van der Waals surface area contributed by atoms with Crippen LogP contribution in [0.2, 0.25) is 0 Å². The molecule has 2 heterocycles. The SMILES string of the molecule is CS(=O)(=O)Nc1cn(CC(=O)Nc2ccc3[nH]ncc3c2)nn1. The highest BCUT2D eigenvalue weighted by Crippen LogP contribution is 2.16. The number of hydrogen-bond acceptors (Lipinski definition) is 6. The average molecular weight is 335 g/mol. The van der Waals surface area contributed by atoms with Crippen LogP contribution in [0.1, 0.15) is 0 Å². The van der Waals surface area contributed by atoms with Gasteiger partial charge < -0.3 is 5.32 Å². The number of hydrogen-bond donors (Lipinski definition) is 3. The van der Waals surface area contributed by atoms with Crippen molar-refractivity contribution in [3.63, 3.8) is 0 Å². The Morgan fingerprint density at radius 3 is 3.00 bits per heavy atom. The van der Waals surface area contributed by atoms with E-state index in [0.717, 1.165) is 17.2 Å². The number of rotatable bonds is 5. The molecule has 0 bridgehead atoms. The number of benzene rings is 1. The Morgan fingerprint density at radius 1 is 1.39 bits per heavy atom. The smallest absolute Gasteiger partial charge is 0.246 e. The lowest BCUT2D eigenvalue weighted by molar-refractivity contribution is -0.116. The van der Waals surface area contributed by atoms with Gasteiger partial charge in [-0.2, -0.15) is 5.10 Å². The Hall–Kier alpha value is -2.95. The van der Waals surface area contributed by atoms with Gasteiger partial charge in [0.2, 0.25) is 15.9 Å². The third-order valence-electron chi connectivity index (χ3n) is 2.86. The molecule has 0 aliphatic rings. The molecule has 3 aromatic rings. The van der Waals surface area contributed by atoms with Gasteiger partial charge in [-0.15, -0.1) is 5.10 Å². The Morgan fingerprint density at radius 2 is 2.22 bits per heavy atom. The van der Waals surface area contributed by atoms with Gasteiger partial charge in [0, 0.05) is 11.1 Å². The summed E-state index contributed by atoms with van der Waals surface area (Å²) in [7, 11) is -3.43. The quantitative estimate of drug-likeness (QED) is 0.608. The molecule has 0 fully saturated rings. The Kier molecular flexibility index (Phi) is 3.70. The summed E-state index contributed by atoms with van der Waals surface area (Å²) in [6.07, 6.45) is 4.00. The van der Waals surface area contributed by atoms with E-state index in [4.69, 9.17) is 0 Å². The highest BCUT2D eigenvalue weighted by Gasteiger charge is 2.09. The van der Waals surface area contributed by atoms with Crippen molar-refractivity contribution in [2.45, 2.75) is 6.54 Å². The van der Waals surface area contributed by atoms with Crippen LogP contribution in [0.5, 0.6) is 0 Å². The predicted octanol–water partition coefficient (Wildman–Crippen LogP) is 0.165. The minimum atomic E-state index is -3.43. The molecule has 0 radical (unpaired) electrons. The zero-order valence-corrected chi connectivity index (χ0v) is 12.8. The third kappa shape index (κ3) is 3.83. The summed E-state index contributed by atoms with van der Waals surface area (Å²) in [6, 6.07) is 5.34. The van der Waals surface area contributed by atoms with Gasteiger partial charge in [0.05, 0.1) is 24.2 Å². The first-order valence-corrected chi connectivity index (χ1v) is 8.39. The summed E-state index contributed by atoms with van der Waals surface area (Å²) in [5, 5.41) is 17.6. The molecule has 3 N–H and O–H groups in total. The number of anilines is 2. The highest BCUT2D eigenvalue weighted by molar-refractivity contribution is 7.92. The lowest BCUT2D eigenvalue weighted by Crippen LogP contribution is -2.19. The second kappa shape index (κ2) is 5.68. The van der Waals surface area contributed by atoms with E-state index in [-0.39, 0.29) is 18.3 Å². The van der Waals surface area contributed by atoms with E-state index in [0.29, 0.717) is 5.69 Å². The molecule has 1 aromatic carbocycles. The van der Waals surface area contributed by atoms with E-state index in [1.165, 1.54) is 10.9 Å². The monoisotopic (exact) mass is 335 g/mol. The molecule has 0 aliphatic heterocycles. The van der Waals surface area contributed by atoms with Crippen LogP contribution >= 0.6 is 0 Å². The van der Waals surface area contributed by atoms with Gasteiger partial charge in [-0.1, -0.05) is 5.21 Å². The fraction of sp³-hybridized carbons (Fsp3) is 0.167. The van der Waals surface area contributed by atoms with Crippen LogP contribution in [0.15, 0.2) is 30.6 Å². The molecule has 2 aromatic heterocycles. The van der Waals surface area contributed by atoms with Crippen molar-refractivity contribution in [3.05, 3.63) is 30.6 Å². The van der Waals surface area contributed by atoms with Crippen molar-refractivity contribution >= 4 is 38.3 Å². The maximum Gasteiger partial charge on any atom is 0.246 e. The van der Waals surface area contributed by atoms with Crippen molar-refractivity contribution in [1.29, 1.82) is 0 Å². The molecule has 120 valence electrons. The zero-order valence-electron chi connectivity index (χ0n) is 12.0. The molecule has 11 heteroatoms. The summed E-state index contributed by atoms with van der Waals surface area (Å²) in [5.74, 6) is -0.260. The molecule has 0 saturated heterocycles. The van der Waals surface area contributed by atoms with Gasteiger partial charge in [-0.3, -0.25) is 14.6 Å². The number of aromatic nitrogens is 5. The minimum absolute atomic E-state index is 0.0557. The van der Waals surface area contributed by atoms with E-state index in [9.17, 15) is 13.2 Å². The fourth-order valence-corrected chi connectivity index (χ4v) is 2.45. The second-order valence-electron chi connectivity index (χ2n) is 4.90. The molecule has 0 unspecified atom stereocenters. The summed E-state index contributed by atoms with van der Waals surface area (Å²) >= 11 is 0. The molecule has 3 rings (SSSR count). The first-order chi connectivity index (χ1) is 10.9. The van der Waals surface area contributed by atoms with Gasteiger partial charge in [0.1, 0.15) is 6.54 Å². The number of H-pyrrole nitrogens is 1. The number of sulfonamides is 1. The van der Waals surface area contributed by atoms with Crippen LogP contribution in [-0.4, -0.2) is 45.8 Å². The maximum atomic E-state index is 12.0. The largest absolute Gasteiger partial charge is 0.324 e. The fourth-order valence-electron chi connectivity index (χ4n) is 1.98. The van der Waals surface area contributed by atoms with Crippen LogP contribution < -0.4 is 10.0 Å². The van der Waals surface area contributed by atoms with Gasteiger partial charge in [0.15, 0.2) is 5.82 Å². The number of nitrogens with zero attached hydrogens (tertiary/aromatic N) is 4. The van der Waals surface area contributed by atoms with Gasteiger partial charge >= 0.3 is 0 Å². The second-order valence-corrected chi connectivity index (χ2v) is 6.64. The number of aromatic amines is 1. The number of carbonyl (C=O) groups is 1. The van der Waals surface area contributed by atoms with E-state index < -0.39 is 10.0 Å². The predicted molar refractivity (Wildman–Crippen MR) is 83.2 cm³/mol. The number of fused-ring (bicyclic) bond motifs is 1. The summed E-state index contributed by atoms with van der Waals surface area (Å²) in [5.41, 5.74) is 1.49. The van der Waals surface area contributed by atoms with Crippen LogP contribution in [0.25, 0.3) is 10.9 Å². The molecular formula is C12H13N7O3S. The van der Waals surface area contributed by atoms with E-state index >= 15 is 0 Å². The average Bonchev–Trinajstić information content (AvgIpc) is 3.05. The Balaban J connectivity index is 1.65. The molecule has 0 atom stereocenters. The molecule has 0 aliphatic carbocycles. The van der Waals surface area contributed by atoms with Crippen LogP contribution in [-0.2, 0) is 21.4 Å². The van der Waals surface area contributed by atoms with Gasteiger partial charge in [0.25, 0.3) is 0 Å². The Labute approximate surface area is 130 Å². The lowest BCUT2D eigenvalue weighted by Gasteiger charge is -2.04. The molecule has 23 heavy (non-hydrogen) atoms. The molecule has 1 amide bonds. The van der Waals surface area contributed by atoms with Gasteiger partial charge in [-0.05, 0) is 18.2 Å². The molecule has 10 nitrogen and oxygen atoms in total. The van der Waals surface area contributed by atoms with Crippen molar-refractivity contribution in [2.24, 2.45) is 0 Å². The number of nitrogens with one attached hydrogen (secondary N) is 3. The van der Waals surface area contributed by atoms with Crippen molar-refractivity contribution in [1.82, 2.24) is 25.2 Å². The van der Waals surface area contributed by atoms with Crippen molar-refractivity contribution in [2.75, 3.05) is 16.3 Å². The summed E-state index contributed by atoms with van der Waals surface area (Å²) < 4.78 is 25.6. The Bertz CT molecular complexity index is 960. The van der Waals surface area contributed by atoms with Crippen LogP contribution in [0.3, 0.4) is 0 Å². The molecule has 0 spiro atoms. The lowest BCUT2D eigenvalue weighted by atomic mass is 10.2. The maximum absolute atomic E-state index is 12.0. The number of amides is 1.